The van der Waals surface area contributed by atoms with Crippen LogP contribution in [-0.4, -0.2) is 26.3 Å². The molecule has 0 amide bonds. The number of hydrogen-bond acceptors (Lipinski definition) is 4. The highest BCUT2D eigenvalue weighted by Crippen LogP contribution is 2.27. The summed E-state index contributed by atoms with van der Waals surface area (Å²) in [7, 11) is 4.93. The van der Waals surface area contributed by atoms with Crippen molar-refractivity contribution in [2.24, 2.45) is 0 Å². The predicted molar refractivity (Wildman–Crippen MR) is 73.5 cm³/mol. The number of aromatic nitrogens is 1. The van der Waals surface area contributed by atoms with Gasteiger partial charge in [-0.15, -0.1) is 0 Å². The third kappa shape index (κ3) is 3.03. The Morgan fingerprint density at radius 2 is 1.74 bits per heavy atom. The number of nitrogens with zero attached hydrogens (tertiary/aromatic N) is 1. The molecule has 0 N–H and O–H groups in total. The standard InChI is InChI=1S/C15H17NO3/c1-17-10-12-8-15(19-3)16-9-14(12)11-4-6-13(18-2)7-5-11/h4-9H,10H2,1-3H3. The van der Waals surface area contributed by atoms with E-state index in [9.17, 15) is 0 Å². The van der Waals surface area contributed by atoms with E-state index in [1.165, 1.54) is 0 Å². The van der Waals surface area contributed by atoms with Crippen molar-refractivity contribution in [1.82, 2.24) is 4.98 Å². The third-order valence-corrected chi connectivity index (χ3v) is 2.87. The molecule has 2 aromatic rings. The van der Waals surface area contributed by atoms with Crippen molar-refractivity contribution < 1.29 is 14.2 Å². The lowest BCUT2D eigenvalue weighted by Crippen LogP contribution is -1.96. The maximum atomic E-state index is 5.23. The summed E-state index contributed by atoms with van der Waals surface area (Å²) in [6.45, 7) is 0.514. The fraction of sp³-hybridized carbons (Fsp3) is 0.267. The molecule has 0 radical (unpaired) electrons. The van der Waals surface area contributed by atoms with Crippen LogP contribution in [0.2, 0.25) is 0 Å². The normalized spacial score (nSPS) is 10.3. The Bertz CT molecular complexity index is 538. The van der Waals surface area contributed by atoms with Gasteiger partial charge in [0.1, 0.15) is 5.75 Å². The van der Waals surface area contributed by atoms with E-state index < -0.39 is 0 Å². The molecule has 1 aromatic heterocycles. The summed E-state index contributed by atoms with van der Waals surface area (Å²) >= 11 is 0. The van der Waals surface area contributed by atoms with Crippen molar-refractivity contribution in [2.45, 2.75) is 6.61 Å². The monoisotopic (exact) mass is 259 g/mol. The van der Waals surface area contributed by atoms with E-state index in [0.717, 1.165) is 22.4 Å². The van der Waals surface area contributed by atoms with E-state index in [1.807, 2.05) is 30.3 Å². The maximum Gasteiger partial charge on any atom is 0.213 e. The molecule has 0 spiro atoms. The van der Waals surface area contributed by atoms with Crippen molar-refractivity contribution in [2.75, 3.05) is 21.3 Å². The first-order valence-corrected chi connectivity index (χ1v) is 5.94. The van der Waals surface area contributed by atoms with Gasteiger partial charge in [0.2, 0.25) is 5.88 Å². The van der Waals surface area contributed by atoms with Crippen molar-refractivity contribution in [3.63, 3.8) is 0 Å². The first-order chi connectivity index (χ1) is 9.28. The summed E-state index contributed by atoms with van der Waals surface area (Å²) < 4.78 is 15.5. The Balaban J connectivity index is 2.41. The van der Waals surface area contributed by atoms with Gasteiger partial charge in [0.05, 0.1) is 20.8 Å². The molecule has 4 heteroatoms. The predicted octanol–water partition coefficient (Wildman–Crippen LogP) is 2.91. The minimum Gasteiger partial charge on any atom is -0.497 e. The largest absolute Gasteiger partial charge is 0.497 e. The zero-order valence-corrected chi connectivity index (χ0v) is 11.3. The first kappa shape index (κ1) is 13.4. The number of rotatable bonds is 5. The average molecular weight is 259 g/mol. The Kier molecular flexibility index (Phi) is 4.36. The molecule has 2 rings (SSSR count). The topological polar surface area (TPSA) is 40.6 Å². The van der Waals surface area contributed by atoms with Crippen LogP contribution in [0.5, 0.6) is 11.6 Å². The molecule has 19 heavy (non-hydrogen) atoms. The van der Waals surface area contributed by atoms with Crippen LogP contribution in [0.15, 0.2) is 36.5 Å². The zero-order chi connectivity index (χ0) is 13.7. The molecule has 0 saturated carbocycles. The van der Waals surface area contributed by atoms with Gasteiger partial charge < -0.3 is 14.2 Å². The van der Waals surface area contributed by atoms with Gasteiger partial charge >= 0.3 is 0 Å². The van der Waals surface area contributed by atoms with Gasteiger partial charge in [-0.1, -0.05) is 12.1 Å². The molecule has 0 fully saturated rings. The van der Waals surface area contributed by atoms with Crippen molar-refractivity contribution in [3.8, 4) is 22.8 Å². The maximum absolute atomic E-state index is 5.23. The summed E-state index contributed by atoms with van der Waals surface area (Å²) in [6.07, 6.45) is 1.80. The Morgan fingerprint density at radius 1 is 1.00 bits per heavy atom. The van der Waals surface area contributed by atoms with E-state index in [2.05, 4.69) is 4.98 Å². The summed E-state index contributed by atoms with van der Waals surface area (Å²) in [6, 6.07) is 9.75. The number of pyridine rings is 1. The fourth-order valence-electron chi connectivity index (χ4n) is 1.89. The summed E-state index contributed by atoms with van der Waals surface area (Å²) in [5, 5.41) is 0. The molecule has 1 heterocycles. The highest BCUT2D eigenvalue weighted by Gasteiger charge is 2.08. The second-order valence-corrected chi connectivity index (χ2v) is 4.05. The Labute approximate surface area is 113 Å². The summed E-state index contributed by atoms with van der Waals surface area (Å²) in [5.74, 6) is 1.42. The van der Waals surface area contributed by atoms with E-state index in [1.54, 1.807) is 27.5 Å². The van der Waals surface area contributed by atoms with Crippen LogP contribution in [-0.2, 0) is 11.3 Å². The molecule has 0 bridgehead atoms. The van der Waals surface area contributed by atoms with Gasteiger partial charge in [-0.3, -0.25) is 0 Å². The van der Waals surface area contributed by atoms with E-state index in [0.29, 0.717) is 12.5 Å². The fourth-order valence-corrected chi connectivity index (χ4v) is 1.89. The van der Waals surface area contributed by atoms with Crippen molar-refractivity contribution >= 4 is 0 Å². The second-order valence-electron chi connectivity index (χ2n) is 4.05. The van der Waals surface area contributed by atoms with Gasteiger partial charge in [0.25, 0.3) is 0 Å². The molecule has 0 atom stereocenters. The summed E-state index contributed by atoms with van der Waals surface area (Å²) in [5.41, 5.74) is 3.15. The van der Waals surface area contributed by atoms with Gasteiger partial charge in [-0.25, -0.2) is 4.98 Å². The van der Waals surface area contributed by atoms with Crippen LogP contribution >= 0.6 is 0 Å². The molecule has 1 aromatic carbocycles. The third-order valence-electron chi connectivity index (χ3n) is 2.87. The quantitative estimate of drug-likeness (QED) is 0.827. The van der Waals surface area contributed by atoms with Crippen LogP contribution < -0.4 is 9.47 Å². The molecule has 0 aliphatic rings. The molecule has 0 aliphatic heterocycles. The molecular weight excluding hydrogens is 242 g/mol. The van der Waals surface area contributed by atoms with Crippen LogP contribution in [0.25, 0.3) is 11.1 Å². The molecule has 0 aliphatic carbocycles. The van der Waals surface area contributed by atoms with E-state index in [4.69, 9.17) is 14.2 Å². The minimum absolute atomic E-state index is 0.514. The molecule has 100 valence electrons. The van der Waals surface area contributed by atoms with Crippen LogP contribution in [0.1, 0.15) is 5.56 Å². The average Bonchev–Trinajstić information content (AvgIpc) is 2.47. The van der Waals surface area contributed by atoms with Gasteiger partial charge in [0.15, 0.2) is 0 Å². The smallest absolute Gasteiger partial charge is 0.213 e. The molecule has 0 saturated heterocycles. The highest BCUT2D eigenvalue weighted by atomic mass is 16.5. The van der Waals surface area contributed by atoms with Gasteiger partial charge in [-0.05, 0) is 23.3 Å². The zero-order valence-electron chi connectivity index (χ0n) is 11.3. The van der Waals surface area contributed by atoms with Crippen LogP contribution in [0.3, 0.4) is 0 Å². The molecule has 4 nitrogen and oxygen atoms in total. The van der Waals surface area contributed by atoms with Crippen molar-refractivity contribution in [1.29, 1.82) is 0 Å². The summed E-state index contributed by atoms with van der Waals surface area (Å²) in [4.78, 5) is 4.25. The van der Waals surface area contributed by atoms with Crippen LogP contribution in [0.4, 0.5) is 0 Å². The number of methoxy groups -OCH3 is 3. The lowest BCUT2D eigenvalue weighted by atomic mass is 10.0. The van der Waals surface area contributed by atoms with E-state index >= 15 is 0 Å². The first-order valence-electron chi connectivity index (χ1n) is 5.94. The van der Waals surface area contributed by atoms with Gasteiger partial charge in [-0.2, -0.15) is 0 Å². The Hall–Kier alpha value is -2.07. The number of benzene rings is 1. The SMILES string of the molecule is COCc1cc(OC)ncc1-c1ccc(OC)cc1. The molecular formula is C15H17NO3. The Morgan fingerprint density at radius 3 is 2.32 bits per heavy atom. The minimum atomic E-state index is 0.514. The lowest BCUT2D eigenvalue weighted by molar-refractivity contribution is 0.185. The lowest BCUT2D eigenvalue weighted by Gasteiger charge is -2.11. The van der Waals surface area contributed by atoms with E-state index in [-0.39, 0.29) is 0 Å². The second kappa shape index (κ2) is 6.20. The number of ether oxygens (including phenoxy) is 3. The van der Waals surface area contributed by atoms with Crippen molar-refractivity contribution in [3.05, 3.63) is 42.1 Å². The van der Waals surface area contributed by atoms with Gasteiger partial charge in [0, 0.05) is 24.9 Å². The number of hydrogen-bond donors (Lipinski definition) is 0. The molecule has 0 unspecified atom stereocenters. The highest BCUT2D eigenvalue weighted by molar-refractivity contribution is 5.67. The van der Waals surface area contributed by atoms with Crippen LogP contribution in [0, 0.1) is 0 Å².